The van der Waals surface area contributed by atoms with E-state index in [1.54, 1.807) is 0 Å². The predicted molar refractivity (Wildman–Crippen MR) is 108 cm³/mol. The first-order valence-electron chi connectivity index (χ1n) is 11.8. The van der Waals surface area contributed by atoms with Crippen molar-refractivity contribution < 1.29 is 23.9 Å². The fourth-order valence-corrected chi connectivity index (χ4v) is 7.88. The van der Waals surface area contributed by atoms with Crippen LogP contribution in [0.25, 0.3) is 0 Å². The van der Waals surface area contributed by atoms with E-state index in [1.807, 2.05) is 0 Å². The van der Waals surface area contributed by atoms with Gasteiger partial charge in [0, 0.05) is 17.8 Å². The van der Waals surface area contributed by atoms with Gasteiger partial charge in [-0.05, 0) is 68.1 Å². The summed E-state index contributed by atoms with van der Waals surface area (Å²) < 4.78 is 10.9. The van der Waals surface area contributed by atoms with Crippen LogP contribution in [0, 0.1) is 40.4 Å². The van der Waals surface area contributed by atoms with Crippen LogP contribution in [0.3, 0.4) is 0 Å². The van der Waals surface area contributed by atoms with Crippen LogP contribution >= 0.6 is 0 Å². The van der Waals surface area contributed by atoms with Gasteiger partial charge in [-0.3, -0.25) is 14.4 Å². The fourth-order valence-electron chi connectivity index (χ4n) is 7.88. The molecule has 0 amide bonds. The molecule has 0 aromatic carbocycles. The van der Waals surface area contributed by atoms with E-state index < -0.39 is 6.10 Å². The molecule has 0 spiro atoms. The summed E-state index contributed by atoms with van der Waals surface area (Å²) in [6, 6.07) is 0. The summed E-state index contributed by atoms with van der Waals surface area (Å²) in [6.07, 6.45) is 16.9. The number of Topliss-reactive ketones (excluding diaryl/α,β-unsaturated/α-hetero) is 1. The van der Waals surface area contributed by atoms with Gasteiger partial charge in [-0.15, -0.1) is 0 Å². The predicted octanol–water partition coefficient (Wildman–Crippen LogP) is 3.77. The van der Waals surface area contributed by atoms with E-state index in [-0.39, 0.29) is 40.4 Å². The van der Waals surface area contributed by atoms with E-state index in [9.17, 15) is 14.4 Å². The Morgan fingerprint density at radius 3 is 2.80 bits per heavy atom. The van der Waals surface area contributed by atoms with Gasteiger partial charge < -0.3 is 9.47 Å². The molecule has 160 valence electrons. The highest BCUT2D eigenvalue weighted by Gasteiger charge is 2.65. The van der Waals surface area contributed by atoms with Crippen molar-refractivity contribution in [2.45, 2.75) is 63.9 Å². The summed E-state index contributed by atoms with van der Waals surface area (Å²) in [5, 5.41) is 0. The summed E-state index contributed by atoms with van der Waals surface area (Å²) in [4.78, 5) is 36.6. The van der Waals surface area contributed by atoms with Crippen LogP contribution in [0.2, 0.25) is 0 Å². The van der Waals surface area contributed by atoms with Crippen LogP contribution in [-0.2, 0) is 23.9 Å². The number of cyclic esters (lactones) is 1. The molecule has 30 heavy (non-hydrogen) atoms. The van der Waals surface area contributed by atoms with E-state index in [4.69, 9.17) is 9.47 Å². The second-order valence-corrected chi connectivity index (χ2v) is 10.8. The van der Waals surface area contributed by atoms with Gasteiger partial charge >= 0.3 is 11.9 Å². The lowest BCUT2D eigenvalue weighted by molar-refractivity contribution is -0.158. The van der Waals surface area contributed by atoms with Crippen molar-refractivity contribution in [3.05, 3.63) is 24.3 Å². The first kappa shape index (κ1) is 18.8. The maximum Gasteiger partial charge on any atom is 0.310 e. The fraction of sp³-hybridized carbons (Fsp3) is 0.720. The third kappa shape index (κ3) is 2.63. The minimum atomic E-state index is -0.510. The van der Waals surface area contributed by atoms with E-state index in [0.717, 1.165) is 25.7 Å². The molecule has 1 heterocycles. The van der Waals surface area contributed by atoms with Gasteiger partial charge in [0.15, 0.2) is 11.9 Å². The van der Waals surface area contributed by atoms with Crippen LogP contribution in [0.1, 0.15) is 57.8 Å². The van der Waals surface area contributed by atoms with Crippen molar-refractivity contribution in [3.63, 3.8) is 0 Å². The smallest absolute Gasteiger partial charge is 0.310 e. The van der Waals surface area contributed by atoms with Crippen molar-refractivity contribution >= 4 is 17.7 Å². The minimum absolute atomic E-state index is 0.0108. The number of carbonyl (C=O) groups excluding carboxylic acids is 3. The zero-order valence-electron chi connectivity index (χ0n) is 17.4. The molecule has 7 unspecified atom stereocenters. The number of esters is 2. The highest BCUT2D eigenvalue weighted by Crippen LogP contribution is 2.72. The molecule has 3 saturated carbocycles. The van der Waals surface area contributed by atoms with Gasteiger partial charge in [0.1, 0.15) is 0 Å². The molecule has 4 fully saturated rings. The topological polar surface area (TPSA) is 69.7 Å². The molecule has 6 aliphatic rings. The molecule has 0 N–H and O–H groups in total. The summed E-state index contributed by atoms with van der Waals surface area (Å²) in [7, 11) is 0. The lowest BCUT2D eigenvalue weighted by Crippen LogP contribution is -2.41. The number of ether oxygens (including phenoxy) is 2. The first-order chi connectivity index (χ1) is 14.5. The van der Waals surface area contributed by atoms with Crippen LogP contribution < -0.4 is 0 Å². The second-order valence-electron chi connectivity index (χ2n) is 10.8. The molecule has 0 aromatic rings. The van der Waals surface area contributed by atoms with Crippen molar-refractivity contribution in [2.75, 3.05) is 6.61 Å². The van der Waals surface area contributed by atoms with Crippen LogP contribution in [0.15, 0.2) is 24.3 Å². The quantitative estimate of drug-likeness (QED) is 0.510. The Morgan fingerprint density at radius 1 is 1.17 bits per heavy atom. The Kier molecular flexibility index (Phi) is 4.11. The maximum atomic E-state index is 13.0. The van der Waals surface area contributed by atoms with E-state index in [1.165, 1.54) is 12.8 Å². The van der Waals surface area contributed by atoms with Crippen LogP contribution in [0.4, 0.5) is 0 Å². The third-order valence-corrected chi connectivity index (χ3v) is 9.23. The van der Waals surface area contributed by atoms with Gasteiger partial charge in [0.2, 0.25) is 0 Å². The Labute approximate surface area is 177 Å². The van der Waals surface area contributed by atoms with Crippen LogP contribution in [0.5, 0.6) is 0 Å². The average molecular weight is 411 g/mol. The lowest BCUT2D eigenvalue weighted by Gasteiger charge is -2.47. The number of hydrogen-bond acceptors (Lipinski definition) is 5. The number of ketones is 1. The van der Waals surface area contributed by atoms with Crippen molar-refractivity contribution in [3.8, 4) is 0 Å². The molecule has 1 aliphatic heterocycles. The van der Waals surface area contributed by atoms with E-state index >= 15 is 0 Å². The lowest BCUT2D eigenvalue weighted by atomic mass is 9.56. The normalized spacial score (nSPS) is 48.1. The highest BCUT2D eigenvalue weighted by molar-refractivity contribution is 5.87. The van der Waals surface area contributed by atoms with E-state index in [0.29, 0.717) is 43.6 Å². The number of hydrogen-bond donors (Lipinski definition) is 0. The number of rotatable bonds is 5. The van der Waals surface area contributed by atoms with Crippen molar-refractivity contribution in [2.24, 2.45) is 40.4 Å². The van der Waals surface area contributed by atoms with Crippen LogP contribution in [-0.4, -0.2) is 30.4 Å². The molecule has 8 atom stereocenters. The molecular formula is C25H30O5. The molecule has 1 saturated heterocycles. The van der Waals surface area contributed by atoms with Gasteiger partial charge in [0.05, 0.1) is 18.9 Å². The number of allylic oxidation sites excluding steroid dienone is 4. The largest absolute Gasteiger partial charge is 0.465 e. The molecule has 6 rings (SSSR count). The van der Waals surface area contributed by atoms with Gasteiger partial charge in [-0.2, -0.15) is 0 Å². The third-order valence-electron chi connectivity index (χ3n) is 9.23. The van der Waals surface area contributed by atoms with Gasteiger partial charge in [-0.25, -0.2) is 0 Å². The summed E-state index contributed by atoms with van der Waals surface area (Å²) in [5.74, 6) is 1.47. The summed E-state index contributed by atoms with van der Waals surface area (Å²) >= 11 is 0. The second kappa shape index (κ2) is 6.54. The Hall–Kier alpha value is -1.91. The molecule has 5 nitrogen and oxygen atoms in total. The van der Waals surface area contributed by atoms with Gasteiger partial charge in [-0.1, -0.05) is 24.3 Å². The molecular weight excluding hydrogens is 380 g/mol. The minimum Gasteiger partial charge on any atom is -0.465 e. The number of carbonyl (C=O) groups is 3. The Balaban J connectivity index is 1.22. The maximum absolute atomic E-state index is 13.0. The summed E-state index contributed by atoms with van der Waals surface area (Å²) in [5.41, 5.74) is 0.101. The molecule has 4 bridgehead atoms. The molecule has 0 radical (unpaired) electrons. The first-order valence-corrected chi connectivity index (χ1v) is 11.8. The Bertz CT molecular complexity index is 858. The van der Waals surface area contributed by atoms with Gasteiger partial charge in [0.25, 0.3) is 0 Å². The molecule has 5 heteroatoms. The average Bonchev–Trinajstić information content (AvgIpc) is 3.53. The zero-order chi connectivity index (χ0) is 20.5. The molecule has 0 aromatic heterocycles. The SMILES string of the molecule is O=C1CC(CC2C[C@H]3C=CC2(C24C=CC(C2)C(C(=O)OC2CCCC2=O)C4)C3)CO1. The van der Waals surface area contributed by atoms with Crippen molar-refractivity contribution in [1.29, 1.82) is 0 Å². The molecule has 5 aliphatic carbocycles. The zero-order valence-corrected chi connectivity index (χ0v) is 17.4. The number of fused-ring (bicyclic) bond motifs is 5. The Morgan fingerprint density at radius 2 is 2.07 bits per heavy atom. The van der Waals surface area contributed by atoms with E-state index in [2.05, 4.69) is 24.3 Å². The van der Waals surface area contributed by atoms with Crippen molar-refractivity contribution in [1.82, 2.24) is 0 Å². The highest BCUT2D eigenvalue weighted by atomic mass is 16.5. The standard InChI is InChI=1S/C25H30O5/c26-20-2-1-3-21(20)30-23(28)19-13-24(6-5-17(19)12-24)25-7-4-15(11-25)8-18(25)9-16-10-22(27)29-14-16/h4-7,15-19,21H,1-3,8-14H2/t15-,16?,17?,18?,19?,21?,24?,25?/m1/s1. The summed E-state index contributed by atoms with van der Waals surface area (Å²) in [6.45, 7) is 0.565. The monoisotopic (exact) mass is 410 g/mol.